The molecule has 0 radical (unpaired) electrons. The van der Waals surface area contributed by atoms with Crippen LogP contribution in [0.4, 0.5) is 11.5 Å². The van der Waals surface area contributed by atoms with Crippen LogP contribution in [0, 0.1) is 5.41 Å². The number of aromatic nitrogens is 4. The Morgan fingerprint density at radius 1 is 1.14 bits per heavy atom. The third-order valence-corrected chi connectivity index (χ3v) is 8.47. The van der Waals surface area contributed by atoms with Crippen LogP contribution in [0.1, 0.15) is 55.7 Å². The van der Waals surface area contributed by atoms with Crippen molar-refractivity contribution in [3.8, 4) is 5.88 Å². The highest BCUT2D eigenvalue weighted by Gasteiger charge is 2.27. The zero-order chi connectivity index (χ0) is 26.2. The lowest BCUT2D eigenvalue weighted by atomic mass is 9.83. The average molecular weight is 541 g/mol. The van der Waals surface area contributed by atoms with Gasteiger partial charge < -0.3 is 15.3 Å². The Morgan fingerprint density at radius 2 is 1.92 bits per heavy atom. The van der Waals surface area contributed by atoms with E-state index in [0.29, 0.717) is 44.8 Å². The quantitative estimate of drug-likeness (QED) is 0.476. The van der Waals surface area contributed by atoms with Crippen molar-refractivity contribution >= 4 is 40.8 Å². The van der Waals surface area contributed by atoms with E-state index in [9.17, 15) is 14.7 Å². The van der Waals surface area contributed by atoms with E-state index in [1.54, 1.807) is 24.5 Å². The number of aromatic hydroxyl groups is 1. The third kappa shape index (κ3) is 5.45. The summed E-state index contributed by atoms with van der Waals surface area (Å²) in [5.41, 5.74) is -0.254. The molecule has 1 fully saturated rings. The maximum absolute atomic E-state index is 13.0. The number of nitrogens with one attached hydrogen (secondary N) is 1. The molecule has 11 heteroatoms. The largest absolute Gasteiger partial charge is 0.493 e. The second kappa shape index (κ2) is 10.3. The number of carbonyl (C=O) groups is 1. The number of nitrogens with zero attached hydrogens (tertiary/aromatic N) is 5. The fourth-order valence-corrected chi connectivity index (χ4v) is 5.68. The van der Waals surface area contributed by atoms with Gasteiger partial charge in [-0.05, 0) is 43.2 Å². The van der Waals surface area contributed by atoms with E-state index in [1.165, 1.54) is 16.3 Å². The van der Waals surface area contributed by atoms with E-state index in [2.05, 4.69) is 39.0 Å². The Balaban J connectivity index is 1.31. The highest BCUT2D eigenvalue weighted by Crippen LogP contribution is 2.37. The molecule has 9 nitrogen and oxygen atoms in total. The summed E-state index contributed by atoms with van der Waals surface area (Å²) in [6.07, 6.45) is 8.04. The number of benzene rings is 1. The summed E-state index contributed by atoms with van der Waals surface area (Å²) >= 11 is 7.94. The molecule has 2 N–H and O–H groups in total. The smallest absolute Gasteiger partial charge is 0.270 e. The topological polar surface area (TPSA) is 113 Å². The number of rotatable bonds is 5. The molecule has 5 rings (SSSR count). The number of halogens is 1. The predicted octanol–water partition coefficient (Wildman–Crippen LogP) is 4.76. The molecule has 0 unspecified atom stereocenters. The van der Waals surface area contributed by atoms with Crippen LogP contribution >= 0.6 is 23.4 Å². The van der Waals surface area contributed by atoms with Gasteiger partial charge in [0, 0.05) is 31.0 Å². The van der Waals surface area contributed by atoms with Crippen LogP contribution in [-0.4, -0.2) is 43.6 Å². The van der Waals surface area contributed by atoms with Crippen molar-refractivity contribution in [2.75, 3.05) is 23.3 Å². The van der Waals surface area contributed by atoms with Gasteiger partial charge in [0.1, 0.15) is 16.7 Å². The molecule has 0 saturated carbocycles. The van der Waals surface area contributed by atoms with E-state index in [0.717, 1.165) is 44.6 Å². The van der Waals surface area contributed by atoms with Crippen LogP contribution < -0.4 is 15.8 Å². The van der Waals surface area contributed by atoms with Crippen LogP contribution in [-0.2, 0) is 13.0 Å². The molecule has 1 amide bonds. The van der Waals surface area contributed by atoms with E-state index in [4.69, 9.17) is 11.6 Å². The first-order valence-electron chi connectivity index (χ1n) is 12.4. The van der Waals surface area contributed by atoms with E-state index >= 15 is 0 Å². The molecule has 0 spiro atoms. The van der Waals surface area contributed by atoms with Crippen LogP contribution in [0.15, 0.2) is 45.3 Å². The maximum atomic E-state index is 13.0. The zero-order valence-corrected chi connectivity index (χ0v) is 22.4. The lowest BCUT2D eigenvalue weighted by Gasteiger charge is -2.37. The molecule has 2 aliphatic rings. The molecule has 0 aliphatic carbocycles. The van der Waals surface area contributed by atoms with Gasteiger partial charge in [-0.15, -0.1) is 0 Å². The Bertz CT molecular complexity index is 1380. The first-order valence-corrected chi connectivity index (χ1v) is 13.6. The molecule has 0 bridgehead atoms. The second-order valence-corrected chi connectivity index (χ2v) is 11.6. The van der Waals surface area contributed by atoms with Gasteiger partial charge in [0.05, 0.1) is 23.1 Å². The third-order valence-electron chi connectivity index (χ3n) is 6.97. The average Bonchev–Trinajstić information content (AvgIpc) is 2.87. The van der Waals surface area contributed by atoms with Crippen molar-refractivity contribution in [3.05, 3.63) is 57.4 Å². The number of anilines is 2. The van der Waals surface area contributed by atoms with Crippen molar-refractivity contribution < 1.29 is 9.90 Å². The zero-order valence-electron chi connectivity index (χ0n) is 20.8. The molecule has 4 heterocycles. The SMILES string of the molecule is CC1(C)CCN(c2cnc(Sc3cccc(NC(=O)c4c(O)nc5n(c4=O)CCCC5)c3Cl)cn2)CC1. The van der Waals surface area contributed by atoms with Crippen LogP contribution in [0.5, 0.6) is 5.88 Å². The monoisotopic (exact) mass is 540 g/mol. The van der Waals surface area contributed by atoms with Gasteiger partial charge in [-0.3, -0.25) is 14.2 Å². The fraction of sp³-hybridized carbons (Fsp3) is 0.423. The van der Waals surface area contributed by atoms with Gasteiger partial charge in [0.25, 0.3) is 11.5 Å². The number of fused-ring (bicyclic) bond motifs is 1. The molecular weight excluding hydrogens is 512 g/mol. The standard InChI is InChI=1S/C26H29ClN6O3S/c1-26(2)9-12-32(13-10-26)19-14-29-20(15-28-19)37-17-7-5-6-16(22(17)27)30-23(34)21-24(35)31-18-8-3-4-11-33(18)25(21)36/h5-7,14-15,35H,3-4,8-13H2,1-2H3,(H,30,34). The molecular formula is C26H29ClN6O3S. The number of amides is 1. The molecule has 1 saturated heterocycles. The summed E-state index contributed by atoms with van der Waals surface area (Å²) in [7, 11) is 0. The van der Waals surface area contributed by atoms with Crippen molar-refractivity contribution in [3.63, 3.8) is 0 Å². The number of aryl methyl sites for hydroxylation is 1. The highest BCUT2D eigenvalue weighted by molar-refractivity contribution is 7.99. The van der Waals surface area contributed by atoms with Gasteiger partial charge in [-0.2, -0.15) is 4.98 Å². The minimum Gasteiger partial charge on any atom is -0.493 e. The van der Waals surface area contributed by atoms with Crippen LogP contribution in [0.25, 0.3) is 0 Å². The van der Waals surface area contributed by atoms with Crippen molar-refractivity contribution in [1.82, 2.24) is 19.5 Å². The molecule has 0 atom stereocenters. The molecule has 37 heavy (non-hydrogen) atoms. The first kappa shape index (κ1) is 25.5. The van der Waals surface area contributed by atoms with Crippen LogP contribution in [0.3, 0.4) is 0 Å². The number of hydrogen-bond donors (Lipinski definition) is 2. The predicted molar refractivity (Wildman–Crippen MR) is 144 cm³/mol. The summed E-state index contributed by atoms with van der Waals surface area (Å²) in [5.74, 6) is 0.0356. The second-order valence-electron chi connectivity index (χ2n) is 10.2. The Morgan fingerprint density at radius 3 is 2.65 bits per heavy atom. The van der Waals surface area contributed by atoms with Gasteiger partial charge in [-0.25, -0.2) is 9.97 Å². The maximum Gasteiger partial charge on any atom is 0.270 e. The van der Waals surface area contributed by atoms with Gasteiger partial charge in [0.15, 0.2) is 5.56 Å². The summed E-state index contributed by atoms with van der Waals surface area (Å²) < 4.78 is 1.46. The van der Waals surface area contributed by atoms with Crippen LogP contribution in [0.2, 0.25) is 5.02 Å². The van der Waals surface area contributed by atoms with Gasteiger partial charge in [0.2, 0.25) is 5.88 Å². The minimum absolute atomic E-state index is 0.301. The lowest BCUT2D eigenvalue weighted by Crippen LogP contribution is -2.37. The van der Waals surface area contributed by atoms with E-state index < -0.39 is 17.3 Å². The Kier molecular flexibility index (Phi) is 7.13. The Labute approximate surface area is 224 Å². The van der Waals surface area contributed by atoms with E-state index in [-0.39, 0.29) is 5.56 Å². The summed E-state index contributed by atoms with van der Waals surface area (Å²) in [4.78, 5) is 42.0. The van der Waals surface area contributed by atoms with Crippen molar-refractivity contribution in [1.29, 1.82) is 0 Å². The fourth-order valence-electron chi connectivity index (χ4n) is 4.61. The minimum atomic E-state index is -0.756. The normalized spacial score (nSPS) is 16.8. The molecule has 2 aromatic heterocycles. The number of piperidine rings is 1. The summed E-state index contributed by atoms with van der Waals surface area (Å²) in [6, 6.07) is 5.20. The van der Waals surface area contributed by atoms with Gasteiger partial charge >= 0.3 is 0 Å². The highest BCUT2D eigenvalue weighted by atomic mass is 35.5. The molecule has 3 aromatic rings. The number of hydrogen-bond acceptors (Lipinski definition) is 8. The lowest BCUT2D eigenvalue weighted by molar-refractivity contribution is 0.102. The van der Waals surface area contributed by atoms with E-state index in [1.807, 2.05) is 6.07 Å². The molecule has 2 aliphatic heterocycles. The first-order chi connectivity index (χ1) is 17.7. The summed E-state index contributed by atoms with van der Waals surface area (Å²) in [6.45, 7) is 6.98. The van der Waals surface area contributed by atoms with Gasteiger partial charge in [-0.1, -0.05) is 43.3 Å². The Hall–Kier alpha value is -3.11. The van der Waals surface area contributed by atoms with Crippen molar-refractivity contribution in [2.24, 2.45) is 5.41 Å². The molecule has 1 aromatic carbocycles. The number of carbonyl (C=O) groups excluding carboxylic acids is 1. The van der Waals surface area contributed by atoms with Crippen molar-refractivity contribution in [2.45, 2.75) is 62.4 Å². The molecule has 194 valence electrons. The summed E-state index contributed by atoms with van der Waals surface area (Å²) in [5, 5.41) is 13.9.